The Kier molecular flexibility index (Phi) is 3.87. The van der Waals surface area contributed by atoms with E-state index in [1.807, 2.05) is 0 Å². The second-order valence-corrected chi connectivity index (χ2v) is 6.67. The molecule has 1 aliphatic heterocycles. The number of carbonyl (C=O) groups is 1. The number of hydrogen-bond donors (Lipinski definition) is 1. The monoisotopic (exact) mass is 366 g/mol. The molecule has 0 unspecified atom stereocenters. The lowest BCUT2D eigenvalue weighted by Gasteiger charge is -2.25. The fourth-order valence-electron chi connectivity index (χ4n) is 3.50. The summed E-state index contributed by atoms with van der Waals surface area (Å²) in [4.78, 5) is 40.5. The van der Waals surface area contributed by atoms with Crippen LogP contribution in [-0.2, 0) is 11.8 Å². The summed E-state index contributed by atoms with van der Waals surface area (Å²) in [5.41, 5.74) is 1.41. The summed E-state index contributed by atoms with van der Waals surface area (Å²) in [7, 11) is 3.22. The topological polar surface area (TPSA) is 90.4 Å². The summed E-state index contributed by atoms with van der Waals surface area (Å²) in [5, 5.41) is 0.758. The van der Waals surface area contributed by atoms with Crippen molar-refractivity contribution in [1.29, 1.82) is 0 Å². The maximum Gasteiger partial charge on any atom is 0.312 e. The molecule has 0 aliphatic carbocycles. The molecule has 0 amide bonds. The highest BCUT2D eigenvalue weighted by atomic mass is 16.5. The van der Waals surface area contributed by atoms with Gasteiger partial charge in [-0.1, -0.05) is 0 Å². The number of aryl methyl sites for hydroxylation is 1. The molecule has 138 valence electrons. The maximum atomic E-state index is 12.8. The lowest BCUT2D eigenvalue weighted by Crippen LogP contribution is -2.34. The highest BCUT2D eigenvalue weighted by Crippen LogP contribution is 2.36. The number of benzene rings is 1. The van der Waals surface area contributed by atoms with Gasteiger partial charge >= 0.3 is 5.97 Å². The number of esters is 1. The van der Waals surface area contributed by atoms with Crippen LogP contribution in [0.1, 0.15) is 29.2 Å². The molecule has 0 spiro atoms. The van der Waals surface area contributed by atoms with Gasteiger partial charge in [-0.15, -0.1) is 0 Å². The van der Waals surface area contributed by atoms with E-state index in [0.29, 0.717) is 28.1 Å². The highest BCUT2D eigenvalue weighted by Gasteiger charge is 2.33. The van der Waals surface area contributed by atoms with Crippen molar-refractivity contribution < 1.29 is 14.3 Å². The van der Waals surface area contributed by atoms with E-state index in [1.165, 1.54) is 4.57 Å². The van der Waals surface area contributed by atoms with E-state index in [-0.39, 0.29) is 23.3 Å². The third kappa shape index (κ3) is 2.71. The Balaban J connectivity index is 1.98. The Bertz CT molecular complexity index is 1210. The summed E-state index contributed by atoms with van der Waals surface area (Å²) in [5.74, 6) is -0.261. The molecule has 1 aliphatic rings. The fraction of sp³-hybridized carbons (Fsp3) is 0.250. The summed E-state index contributed by atoms with van der Waals surface area (Å²) in [6.45, 7) is 1.76. The van der Waals surface area contributed by atoms with Crippen molar-refractivity contribution in [3.8, 4) is 11.5 Å². The van der Waals surface area contributed by atoms with Crippen LogP contribution in [0.5, 0.6) is 11.5 Å². The van der Waals surface area contributed by atoms with Crippen LogP contribution in [0, 0.1) is 6.92 Å². The predicted molar refractivity (Wildman–Crippen MR) is 99.6 cm³/mol. The number of nitrogens with one attached hydrogen (secondary N) is 1. The van der Waals surface area contributed by atoms with E-state index in [9.17, 15) is 14.4 Å². The largest absolute Gasteiger partial charge is 0.497 e. The Labute approximate surface area is 154 Å². The van der Waals surface area contributed by atoms with Crippen molar-refractivity contribution in [2.24, 2.45) is 7.05 Å². The smallest absolute Gasteiger partial charge is 0.312 e. The number of methoxy groups -OCH3 is 1. The van der Waals surface area contributed by atoms with Crippen LogP contribution in [-0.4, -0.2) is 22.6 Å². The van der Waals surface area contributed by atoms with Gasteiger partial charge in [-0.25, -0.2) is 0 Å². The average molecular weight is 366 g/mol. The summed E-state index contributed by atoms with van der Waals surface area (Å²) in [6, 6.07) is 8.67. The number of pyridine rings is 2. The number of aromatic amines is 1. The van der Waals surface area contributed by atoms with Gasteiger partial charge < -0.3 is 19.0 Å². The fourth-order valence-corrected chi connectivity index (χ4v) is 3.50. The first-order valence-corrected chi connectivity index (χ1v) is 8.51. The highest BCUT2D eigenvalue weighted by molar-refractivity contribution is 5.82. The van der Waals surface area contributed by atoms with Gasteiger partial charge in [0.2, 0.25) is 0 Å². The lowest BCUT2D eigenvalue weighted by atomic mass is 9.87. The second kappa shape index (κ2) is 6.12. The molecular weight excluding hydrogens is 348 g/mol. The van der Waals surface area contributed by atoms with Crippen molar-refractivity contribution >= 4 is 16.9 Å². The van der Waals surface area contributed by atoms with E-state index >= 15 is 0 Å². The zero-order valence-electron chi connectivity index (χ0n) is 15.2. The number of fused-ring (bicyclic) bond motifs is 2. The van der Waals surface area contributed by atoms with Crippen molar-refractivity contribution in [1.82, 2.24) is 9.55 Å². The van der Waals surface area contributed by atoms with E-state index < -0.39 is 11.9 Å². The molecule has 27 heavy (non-hydrogen) atoms. The van der Waals surface area contributed by atoms with Crippen molar-refractivity contribution in [3.05, 3.63) is 67.9 Å². The third-order valence-electron chi connectivity index (χ3n) is 5.07. The predicted octanol–water partition coefficient (Wildman–Crippen LogP) is 1.98. The quantitative estimate of drug-likeness (QED) is 0.701. The summed E-state index contributed by atoms with van der Waals surface area (Å²) in [6.07, 6.45) is -0.0656. The second-order valence-electron chi connectivity index (χ2n) is 6.67. The average Bonchev–Trinajstić information content (AvgIpc) is 2.64. The van der Waals surface area contributed by atoms with Crippen LogP contribution < -0.4 is 20.6 Å². The zero-order valence-corrected chi connectivity index (χ0v) is 15.2. The molecule has 7 heteroatoms. The normalized spacial score (nSPS) is 16.1. The maximum absolute atomic E-state index is 12.8. The summed E-state index contributed by atoms with van der Waals surface area (Å²) < 4.78 is 12.0. The standard InChI is InChI=1S/C20H18N2O5/c1-10-6-16-18(20(25)22(10)2)13(9-17(23)27-16)14-8-11-7-12(26-3)4-5-15(11)21-19(14)24/h4-8,13H,9H2,1-3H3,(H,21,24)/t13-/m0/s1. The number of hydrogen-bond acceptors (Lipinski definition) is 5. The van der Waals surface area contributed by atoms with Crippen LogP contribution in [0.2, 0.25) is 0 Å². The molecule has 4 rings (SSSR count). The Hall–Kier alpha value is -3.35. The Morgan fingerprint density at radius 3 is 2.70 bits per heavy atom. The number of aromatic nitrogens is 2. The van der Waals surface area contributed by atoms with Crippen LogP contribution >= 0.6 is 0 Å². The van der Waals surface area contributed by atoms with Crippen molar-refractivity contribution in [2.75, 3.05) is 7.11 Å². The Morgan fingerprint density at radius 1 is 1.19 bits per heavy atom. The van der Waals surface area contributed by atoms with E-state index in [1.54, 1.807) is 51.4 Å². The van der Waals surface area contributed by atoms with Gasteiger partial charge in [0.05, 0.1) is 19.1 Å². The van der Waals surface area contributed by atoms with E-state index in [0.717, 1.165) is 5.39 Å². The van der Waals surface area contributed by atoms with Crippen LogP contribution in [0.3, 0.4) is 0 Å². The molecule has 7 nitrogen and oxygen atoms in total. The molecule has 1 N–H and O–H groups in total. The van der Waals surface area contributed by atoms with Gasteiger partial charge in [-0.05, 0) is 31.2 Å². The van der Waals surface area contributed by atoms with E-state index in [4.69, 9.17) is 9.47 Å². The number of H-pyrrole nitrogens is 1. The minimum Gasteiger partial charge on any atom is -0.497 e. The molecule has 1 aromatic carbocycles. The Morgan fingerprint density at radius 2 is 1.96 bits per heavy atom. The molecule has 0 saturated carbocycles. The number of nitrogens with zero attached hydrogens (tertiary/aromatic N) is 1. The molecule has 0 bridgehead atoms. The molecule has 0 saturated heterocycles. The first-order valence-electron chi connectivity index (χ1n) is 8.51. The first-order chi connectivity index (χ1) is 12.9. The molecular formula is C20H18N2O5. The van der Waals surface area contributed by atoms with Crippen molar-refractivity contribution in [3.63, 3.8) is 0 Å². The zero-order chi connectivity index (χ0) is 19.3. The number of carbonyl (C=O) groups excluding carboxylic acids is 1. The molecule has 0 radical (unpaired) electrons. The molecule has 1 atom stereocenters. The molecule has 3 heterocycles. The van der Waals surface area contributed by atoms with Gasteiger partial charge in [0, 0.05) is 41.2 Å². The van der Waals surface area contributed by atoms with Gasteiger partial charge in [0.25, 0.3) is 11.1 Å². The van der Waals surface area contributed by atoms with Gasteiger partial charge in [-0.2, -0.15) is 0 Å². The molecule has 0 fully saturated rings. The van der Waals surface area contributed by atoms with Gasteiger partial charge in [0.15, 0.2) is 0 Å². The number of rotatable bonds is 2. The lowest BCUT2D eigenvalue weighted by molar-refractivity contribution is -0.135. The molecule has 2 aromatic heterocycles. The van der Waals surface area contributed by atoms with Crippen LogP contribution in [0.15, 0.2) is 39.9 Å². The first kappa shape index (κ1) is 17.1. The van der Waals surface area contributed by atoms with Gasteiger partial charge in [-0.3, -0.25) is 14.4 Å². The minimum atomic E-state index is -0.667. The van der Waals surface area contributed by atoms with E-state index in [2.05, 4.69) is 4.98 Å². The SMILES string of the molecule is COc1ccc2[nH]c(=O)c([C@@H]3CC(=O)Oc4cc(C)n(C)c(=O)c43)cc2c1. The molecule has 3 aromatic rings. The number of ether oxygens (including phenoxy) is 2. The minimum absolute atomic E-state index is 0.0656. The van der Waals surface area contributed by atoms with Gasteiger partial charge in [0.1, 0.15) is 11.5 Å². The van der Waals surface area contributed by atoms with Crippen LogP contribution in [0.25, 0.3) is 10.9 Å². The third-order valence-corrected chi connectivity index (χ3v) is 5.07. The van der Waals surface area contributed by atoms with Crippen LogP contribution in [0.4, 0.5) is 0 Å². The summed E-state index contributed by atoms with van der Waals surface area (Å²) >= 11 is 0. The van der Waals surface area contributed by atoms with Crippen molar-refractivity contribution in [2.45, 2.75) is 19.3 Å².